The molecule has 2 rings (SSSR count). The molecule has 1 aromatic heterocycles. The molecule has 1 amide bonds. The van der Waals surface area contributed by atoms with E-state index in [4.69, 9.17) is 4.74 Å². The van der Waals surface area contributed by atoms with Gasteiger partial charge in [0.25, 0.3) is 0 Å². The summed E-state index contributed by atoms with van der Waals surface area (Å²) in [6, 6.07) is 2.53. The standard InChI is InChI=1S/C11H13N3O3/c1-17-11(16)10-9(14-8(15)6-13-10)7-3-2-4-12-5-7/h2-5,9-10,13H,6H2,1H3,(H,14,15)/t9-,10+/m0/s1. The van der Waals surface area contributed by atoms with E-state index in [-0.39, 0.29) is 12.5 Å². The average Bonchev–Trinajstić information content (AvgIpc) is 2.39. The second kappa shape index (κ2) is 4.92. The molecule has 1 aliphatic rings. The summed E-state index contributed by atoms with van der Waals surface area (Å²) < 4.78 is 4.70. The van der Waals surface area contributed by atoms with Gasteiger partial charge >= 0.3 is 5.97 Å². The van der Waals surface area contributed by atoms with Crippen LogP contribution in [0.3, 0.4) is 0 Å². The van der Waals surface area contributed by atoms with E-state index < -0.39 is 18.1 Å². The Balaban J connectivity index is 2.26. The summed E-state index contributed by atoms with van der Waals surface area (Å²) in [6.07, 6.45) is 3.25. The normalized spacial score (nSPS) is 23.9. The molecule has 1 fully saturated rings. The van der Waals surface area contributed by atoms with Gasteiger partial charge in [-0.3, -0.25) is 19.9 Å². The molecule has 0 saturated carbocycles. The summed E-state index contributed by atoms with van der Waals surface area (Å²) in [7, 11) is 1.32. The number of piperazine rings is 1. The van der Waals surface area contributed by atoms with E-state index in [1.54, 1.807) is 24.5 Å². The van der Waals surface area contributed by atoms with Crippen molar-refractivity contribution in [1.29, 1.82) is 0 Å². The Morgan fingerprint density at radius 2 is 2.41 bits per heavy atom. The van der Waals surface area contributed by atoms with Crippen molar-refractivity contribution in [2.75, 3.05) is 13.7 Å². The second-order valence-electron chi connectivity index (χ2n) is 3.71. The van der Waals surface area contributed by atoms with Gasteiger partial charge in [-0.05, 0) is 11.6 Å². The lowest BCUT2D eigenvalue weighted by atomic mass is 9.99. The summed E-state index contributed by atoms with van der Waals surface area (Å²) in [4.78, 5) is 26.9. The van der Waals surface area contributed by atoms with Gasteiger partial charge in [-0.2, -0.15) is 0 Å². The number of hydrogen-bond acceptors (Lipinski definition) is 5. The van der Waals surface area contributed by atoms with Gasteiger partial charge in [0, 0.05) is 12.4 Å². The van der Waals surface area contributed by atoms with Crippen LogP contribution in [0.25, 0.3) is 0 Å². The van der Waals surface area contributed by atoms with Crippen LogP contribution in [0.1, 0.15) is 11.6 Å². The zero-order valence-corrected chi connectivity index (χ0v) is 9.34. The quantitative estimate of drug-likeness (QED) is 0.668. The number of hydrogen-bond donors (Lipinski definition) is 2. The number of ether oxygens (including phenoxy) is 1. The SMILES string of the molecule is COC(=O)[C@@H]1NCC(=O)N[C@H]1c1cccnc1. The molecule has 1 aliphatic heterocycles. The second-order valence-corrected chi connectivity index (χ2v) is 3.71. The Hall–Kier alpha value is -1.95. The third-order valence-corrected chi connectivity index (χ3v) is 2.63. The number of pyridine rings is 1. The van der Waals surface area contributed by atoms with Gasteiger partial charge in [0.05, 0.1) is 19.7 Å². The highest BCUT2D eigenvalue weighted by Crippen LogP contribution is 2.19. The van der Waals surface area contributed by atoms with Gasteiger partial charge < -0.3 is 10.1 Å². The molecule has 17 heavy (non-hydrogen) atoms. The van der Waals surface area contributed by atoms with Crippen molar-refractivity contribution in [3.05, 3.63) is 30.1 Å². The number of aromatic nitrogens is 1. The summed E-state index contributed by atoms with van der Waals surface area (Å²) in [6.45, 7) is 0.108. The molecule has 2 heterocycles. The van der Waals surface area contributed by atoms with Crippen molar-refractivity contribution in [2.24, 2.45) is 0 Å². The molecule has 2 N–H and O–H groups in total. The maximum absolute atomic E-state index is 11.6. The minimum absolute atomic E-state index is 0.108. The molecule has 0 bridgehead atoms. The maximum Gasteiger partial charge on any atom is 0.325 e. The molecule has 0 radical (unpaired) electrons. The van der Waals surface area contributed by atoms with Gasteiger partial charge in [0.1, 0.15) is 6.04 Å². The smallest absolute Gasteiger partial charge is 0.325 e. The third kappa shape index (κ3) is 2.42. The number of rotatable bonds is 2. The molecular weight excluding hydrogens is 222 g/mol. The summed E-state index contributed by atoms with van der Waals surface area (Å²) in [5.41, 5.74) is 0.767. The molecule has 2 atom stereocenters. The van der Waals surface area contributed by atoms with E-state index in [0.717, 1.165) is 5.56 Å². The van der Waals surface area contributed by atoms with E-state index >= 15 is 0 Å². The molecule has 6 heteroatoms. The van der Waals surface area contributed by atoms with Crippen molar-refractivity contribution in [1.82, 2.24) is 15.6 Å². The predicted octanol–water partition coefficient (Wildman–Crippen LogP) is -0.616. The van der Waals surface area contributed by atoms with Gasteiger partial charge in [-0.1, -0.05) is 6.07 Å². The Morgan fingerprint density at radius 1 is 1.59 bits per heavy atom. The van der Waals surface area contributed by atoms with E-state index in [9.17, 15) is 9.59 Å². The first-order valence-electron chi connectivity index (χ1n) is 5.23. The van der Waals surface area contributed by atoms with Crippen LogP contribution in [0.15, 0.2) is 24.5 Å². The summed E-state index contributed by atoms with van der Waals surface area (Å²) in [5.74, 6) is -0.558. The monoisotopic (exact) mass is 235 g/mol. The van der Waals surface area contributed by atoms with Gasteiger partial charge in [-0.25, -0.2) is 0 Å². The topological polar surface area (TPSA) is 80.3 Å². The van der Waals surface area contributed by atoms with E-state index in [0.29, 0.717) is 0 Å². The molecule has 6 nitrogen and oxygen atoms in total. The maximum atomic E-state index is 11.6. The van der Waals surface area contributed by atoms with Crippen LogP contribution in [-0.2, 0) is 14.3 Å². The van der Waals surface area contributed by atoms with Crippen molar-refractivity contribution >= 4 is 11.9 Å². The lowest BCUT2D eigenvalue weighted by Gasteiger charge is -2.31. The van der Waals surface area contributed by atoms with Crippen LogP contribution in [0.2, 0.25) is 0 Å². The molecule has 1 saturated heterocycles. The first-order valence-corrected chi connectivity index (χ1v) is 5.23. The summed E-state index contributed by atoms with van der Waals surface area (Å²) >= 11 is 0. The number of methoxy groups -OCH3 is 1. The molecule has 0 aliphatic carbocycles. The van der Waals surface area contributed by atoms with Crippen molar-refractivity contribution in [3.8, 4) is 0 Å². The van der Waals surface area contributed by atoms with E-state index in [1.807, 2.05) is 0 Å². The van der Waals surface area contributed by atoms with Crippen LogP contribution < -0.4 is 10.6 Å². The van der Waals surface area contributed by atoms with Crippen LogP contribution in [-0.4, -0.2) is 36.6 Å². The highest BCUT2D eigenvalue weighted by Gasteiger charge is 2.35. The lowest BCUT2D eigenvalue weighted by molar-refractivity contribution is -0.145. The first kappa shape index (κ1) is 11.5. The molecule has 0 unspecified atom stereocenters. The number of esters is 1. The number of carbonyl (C=O) groups excluding carboxylic acids is 2. The Kier molecular flexibility index (Phi) is 3.34. The van der Waals surface area contributed by atoms with Gasteiger partial charge in [0.2, 0.25) is 5.91 Å². The molecule has 0 spiro atoms. The summed E-state index contributed by atoms with van der Waals surface area (Å²) in [5, 5.41) is 5.61. The minimum atomic E-state index is -0.582. The minimum Gasteiger partial charge on any atom is -0.468 e. The zero-order valence-electron chi connectivity index (χ0n) is 9.34. The van der Waals surface area contributed by atoms with Crippen LogP contribution in [0.5, 0.6) is 0 Å². The zero-order chi connectivity index (χ0) is 12.3. The Bertz CT molecular complexity index is 421. The fraction of sp³-hybridized carbons (Fsp3) is 0.364. The van der Waals surface area contributed by atoms with Gasteiger partial charge in [-0.15, -0.1) is 0 Å². The number of carbonyl (C=O) groups is 2. The van der Waals surface area contributed by atoms with E-state index in [2.05, 4.69) is 15.6 Å². The number of nitrogens with one attached hydrogen (secondary N) is 2. The van der Waals surface area contributed by atoms with Crippen molar-refractivity contribution in [2.45, 2.75) is 12.1 Å². The largest absolute Gasteiger partial charge is 0.468 e. The van der Waals surface area contributed by atoms with Crippen LogP contribution in [0.4, 0.5) is 0 Å². The number of amides is 1. The van der Waals surface area contributed by atoms with Crippen LogP contribution >= 0.6 is 0 Å². The van der Waals surface area contributed by atoms with Crippen molar-refractivity contribution < 1.29 is 14.3 Å². The molecular formula is C11H13N3O3. The third-order valence-electron chi connectivity index (χ3n) is 2.63. The highest BCUT2D eigenvalue weighted by atomic mass is 16.5. The average molecular weight is 235 g/mol. The molecule has 0 aromatic carbocycles. The van der Waals surface area contributed by atoms with Crippen LogP contribution in [0, 0.1) is 0 Å². The van der Waals surface area contributed by atoms with Crippen molar-refractivity contribution in [3.63, 3.8) is 0 Å². The Morgan fingerprint density at radius 3 is 3.06 bits per heavy atom. The molecule has 1 aromatic rings. The lowest BCUT2D eigenvalue weighted by Crippen LogP contribution is -2.57. The Labute approximate surface area is 98.4 Å². The fourth-order valence-corrected chi connectivity index (χ4v) is 1.81. The van der Waals surface area contributed by atoms with E-state index in [1.165, 1.54) is 7.11 Å². The predicted molar refractivity (Wildman–Crippen MR) is 58.9 cm³/mol. The number of nitrogens with zero attached hydrogens (tertiary/aromatic N) is 1. The fourth-order valence-electron chi connectivity index (χ4n) is 1.81. The molecule has 90 valence electrons. The van der Waals surface area contributed by atoms with Gasteiger partial charge in [0.15, 0.2) is 0 Å². The first-order chi connectivity index (χ1) is 8.22. The highest BCUT2D eigenvalue weighted by molar-refractivity contribution is 5.85.